The van der Waals surface area contributed by atoms with Gasteiger partial charge < -0.3 is 0 Å². The summed E-state index contributed by atoms with van der Waals surface area (Å²) in [5, 5.41) is 6.74. The molecular weight excluding hydrogens is 133 g/mol. The zero-order valence-electron chi connectivity index (χ0n) is 2.58. The molecule has 1 heterocycles. The van der Waals surface area contributed by atoms with Crippen molar-refractivity contribution in [3.63, 3.8) is 0 Å². The van der Waals surface area contributed by atoms with Gasteiger partial charge in [-0.15, -0.1) is 0 Å². The van der Waals surface area contributed by atoms with E-state index in [-0.39, 0.29) is 16.8 Å². The molecule has 0 saturated heterocycles. The average molecular weight is 134 g/mol. The van der Waals surface area contributed by atoms with Crippen LogP contribution >= 0.6 is 0 Å². The third-order valence-corrected chi connectivity index (χ3v) is 0.199. The zero-order valence-corrected chi connectivity index (χ0v) is 3.62. The van der Waals surface area contributed by atoms with Crippen molar-refractivity contribution in [2.45, 2.75) is 0 Å². The quantitative estimate of drug-likeness (QED) is 0.431. The molecule has 1 aliphatic heterocycles. The summed E-state index contributed by atoms with van der Waals surface area (Å²) < 4.78 is 0. The van der Waals surface area contributed by atoms with E-state index in [9.17, 15) is 0 Å². The Labute approximate surface area is 44.1 Å². The van der Waals surface area contributed by atoms with Gasteiger partial charge in [0.1, 0.15) is 0 Å². The molecule has 0 saturated carbocycles. The van der Waals surface area contributed by atoms with Crippen LogP contribution in [0.25, 0.3) is 0 Å². The van der Waals surface area contributed by atoms with Gasteiger partial charge >= 0.3 is 0 Å². The molecule has 1 aliphatic rings. The van der Waals surface area contributed by atoms with Crippen LogP contribution in [0.2, 0.25) is 0 Å². The number of hydrogen-bond donors (Lipinski definition) is 0. The van der Waals surface area contributed by atoms with Crippen molar-refractivity contribution >= 4 is 6.40 Å². The fourth-order valence-corrected chi connectivity index (χ4v) is 0.0878. The van der Waals surface area contributed by atoms with Crippen molar-refractivity contribution in [1.29, 1.82) is 0 Å². The SMILES string of the molecule is C1=NOOO1.[Co]. The summed E-state index contributed by atoms with van der Waals surface area (Å²) in [5.74, 6) is 0. The zero-order chi connectivity index (χ0) is 3.54. The summed E-state index contributed by atoms with van der Waals surface area (Å²) in [5.41, 5.74) is 0. The van der Waals surface area contributed by atoms with E-state index in [1.54, 1.807) is 0 Å². The molecule has 5 heteroatoms. The van der Waals surface area contributed by atoms with Crippen molar-refractivity contribution in [3.05, 3.63) is 0 Å². The molecule has 0 aromatic carbocycles. The van der Waals surface area contributed by atoms with Gasteiger partial charge in [0.2, 0.25) is 0 Å². The van der Waals surface area contributed by atoms with Crippen LogP contribution < -0.4 is 0 Å². The van der Waals surface area contributed by atoms with Crippen LogP contribution in [0.3, 0.4) is 0 Å². The third kappa shape index (κ3) is 1.25. The number of hydrogen-bond acceptors (Lipinski definition) is 4. The van der Waals surface area contributed by atoms with Crippen LogP contribution in [-0.4, -0.2) is 6.40 Å². The molecule has 1 rings (SSSR count). The largest absolute Gasteiger partial charge is 0.282 e. The van der Waals surface area contributed by atoms with E-state index in [0.717, 1.165) is 6.40 Å². The fraction of sp³-hybridized carbons (Fsp3) is 0. The van der Waals surface area contributed by atoms with Crippen molar-refractivity contribution in [2.24, 2.45) is 5.16 Å². The first-order chi connectivity index (χ1) is 2.50. The standard InChI is InChI=1S/CHNO3.Co/c1-2-4-5-3-1;/h1H;. The Morgan fingerprint density at radius 2 is 2.33 bits per heavy atom. The molecule has 0 aliphatic carbocycles. The van der Waals surface area contributed by atoms with Crippen LogP contribution in [0.15, 0.2) is 5.16 Å². The van der Waals surface area contributed by atoms with E-state index in [4.69, 9.17) is 0 Å². The Morgan fingerprint density at radius 3 is 2.50 bits per heavy atom. The molecule has 0 fully saturated rings. The number of oxime groups is 1. The predicted molar refractivity (Wildman–Crippen MR) is 11.7 cm³/mol. The first-order valence-electron chi connectivity index (χ1n) is 1.01. The summed E-state index contributed by atoms with van der Waals surface area (Å²) in [6, 6.07) is 0. The minimum atomic E-state index is 0. The second-order valence-corrected chi connectivity index (χ2v) is 0.450. The van der Waals surface area contributed by atoms with E-state index in [1.165, 1.54) is 0 Å². The van der Waals surface area contributed by atoms with Gasteiger partial charge in [-0.05, 0) is 5.16 Å². The fourth-order valence-electron chi connectivity index (χ4n) is 0.0878. The predicted octanol–water partition coefficient (Wildman–Crippen LogP) is -0.179. The molecule has 0 bridgehead atoms. The van der Waals surface area contributed by atoms with Gasteiger partial charge in [-0.1, -0.05) is 0 Å². The second-order valence-electron chi connectivity index (χ2n) is 0.450. The molecule has 0 atom stereocenters. The molecule has 0 amide bonds. The van der Waals surface area contributed by atoms with Crippen LogP contribution in [0.1, 0.15) is 0 Å². The van der Waals surface area contributed by atoms with Gasteiger partial charge in [0, 0.05) is 16.8 Å². The van der Waals surface area contributed by atoms with Gasteiger partial charge in [0.25, 0.3) is 6.40 Å². The summed E-state index contributed by atoms with van der Waals surface area (Å²) in [4.78, 5) is 7.72. The molecular formula is CHCoNO3. The van der Waals surface area contributed by atoms with Crippen molar-refractivity contribution < 1.29 is 31.7 Å². The maximum Gasteiger partial charge on any atom is 0.264 e. The smallest absolute Gasteiger partial charge is 0.264 e. The van der Waals surface area contributed by atoms with E-state index in [2.05, 4.69) is 20.1 Å². The molecule has 1 radical (unpaired) electrons. The summed E-state index contributed by atoms with van der Waals surface area (Å²) >= 11 is 0. The summed E-state index contributed by atoms with van der Waals surface area (Å²) in [6.07, 6.45) is 1.04. The molecule has 0 aromatic rings. The van der Waals surface area contributed by atoms with Gasteiger partial charge in [-0.25, -0.2) is 0 Å². The minimum Gasteiger partial charge on any atom is -0.282 e. The molecule has 0 unspecified atom stereocenters. The number of rotatable bonds is 0. The van der Waals surface area contributed by atoms with E-state index in [1.807, 2.05) is 0 Å². The van der Waals surface area contributed by atoms with E-state index < -0.39 is 0 Å². The summed E-state index contributed by atoms with van der Waals surface area (Å²) in [6.45, 7) is 0. The Morgan fingerprint density at radius 1 is 1.50 bits per heavy atom. The normalized spacial score (nSPS) is 14.7. The van der Waals surface area contributed by atoms with Crippen LogP contribution in [-0.2, 0) is 31.7 Å². The molecule has 0 spiro atoms. The van der Waals surface area contributed by atoms with Gasteiger partial charge in [0.05, 0.1) is 5.04 Å². The average Bonchev–Trinajstić information content (AvgIpc) is 1.76. The van der Waals surface area contributed by atoms with E-state index in [0.29, 0.717) is 0 Å². The molecule has 0 N–H and O–H groups in total. The van der Waals surface area contributed by atoms with Crippen LogP contribution in [0.5, 0.6) is 0 Å². The maximum atomic E-state index is 3.93. The topological polar surface area (TPSA) is 40.0 Å². The van der Waals surface area contributed by atoms with Crippen molar-refractivity contribution in [1.82, 2.24) is 0 Å². The first kappa shape index (κ1) is 5.74. The Hall–Kier alpha value is -0.264. The molecule has 6 heavy (non-hydrogen) atoms. The third-order valence-electron chi connectivity index (χ3n) is 0.199. The summed E-state index contributed by atoms with van der Waals surface area (Å²) in [7, 11) is 0. The monoisotopic (exact) mass is 134 g/mol. The van der Waals surface area contributed by atoms with Gasteiger partial charge in [-0.3, -0.25) is 4.89 Å². The first-order valence-corrected chi connectivity index (χ1v) is 1.01. The Balaban J connectivity index is 0.000000250. The van der Waals surface area contributed by atoms with Crippen LogP contribution in [0, 0.1) is 0 Å². The van der Waals surface area contributed by atoms with Crippen molar-refractivity contribution in [3.8, 4) is 0 Å². The second kappa shape index (κ2) is 2.95. The van der Waals surface area contributed by atoms with Gasteiger partial charge in [0.15, 0.2) is 0 Å². The van der Waals surface area contributed by atoms with E-state index >= 15 is 0 Å². The Kier molecular flexibility index (Phi) is 2.82. The Bertz CT molecular complexity index is 48.8. The van der Waals surface area contributed by atoms with Crippen molar-refractivity contribution in [2.75, 3.05) is 0 Å². The van der Waals surface area contributed by atoms with Gasteiger partial charge in [-0.2, -0.15) is 4.99 Å². The van der Waals surface area contributed by atoms with Crippen LogP contribution in [0.4, 0.5) is 0 Å². The molecule has 4 nitrogen and oxygen atoms in total. The molecule has 37 valence electrons. The maximum absolute atomic E-state index is 3.93. The number of nitrogens with zero attached hydrogens (tertiary/aromatic N) is 1. The minimum absolute atomic E-state index is 0. The molecule has 0 aromatic heterocycles.